The van der Waals surface area contributed by atoms with Gasteiger partial charge in [0.15, 0.2) is 0 Å². The molecule has 1 saturated carbocycles. The number of amides is 1. The Balaban J connectivity index is 1.67. The summed E-state index contributed by atoms with van der Waals surface area (Å²) in [4.78, 5) is 12.5. The topological polar surface area (TPSA) is 50.4 Å². The lowest BCUT2D eigenvalue weighted by molar-refractivity contribution is -0.113. The predicted octanol–water partition coefficient (Wildman–Crippen LogP) is 2.32. The zero-order valence-corrected chi connectivity index (χ0v) is 11.0. The van der Waals surface area contributed by atoms with Gasteiger partial charge >= 0.3 is 0 Å². The molecule has 1 fully saturated rings. The van der Waals surface area contributed by atoms with E-state index < -0.39 is 0 Å². The molecular formula is C13H16N2O2S. The van der Waals surface area contributed by atoms with Crippen LogP contribution in [-0.2, 0) is 9.53 Å². The Kier molecular flexibility index (Phi) is 3.18. The fourth-order valence-corrected chi connectivity index (χ4v) is 3.07. The van der Waals surface area contributed by atoms with Gasteiger partial charge in [-0.3, -0.25) is 4.79 Å². The van der Waals surface area contributed by atoms with Crippen LogP contribution in [0.15, 0.2) is 23.1 Å². The minimum absolute atomic E-state index is 0.0766. The first-order valence-electron chi connectivity index (χ1n) is 6.10. The van der Waals surface area contributed by atoms with Crippen LogP contribution in [-0.4, -0.2) is 30.9 Å². The number of fused-ring (bicyclic) bond motifs is 1. The molecule has 1 amide bonds. The molecule has 1 heterocycles. The van der Waals surface area contributed by atoms with Crippen molar-refractivity contribution in [2.24, 2.45) is 0 Å². The van der Waals surface area contributed by atoms with E-state index in [4.69, 9.17) is 4.74 Å². The third-order valence-electron chi connectivity index (χ3n) is 3.41. The highest BCUT2D eigenvalue weighted by Gasteiger charge is 2.28. The van der Waals surface area contributed by atoms with Crippen LogP contribution in [0.5, 0.6) is 0 Å². The van der Waals surface area contributed by atoms with Gasteiger partial charge in [0.2, 0.25) is 5.91 Å². The Bertz CT molecular complexity index is 472. The average molecular weight is 264 g/mol. The predicted molar refractivity (Wildman–Crippen MR) is 73.2 cm³/mol. The number of hydrogen-bond donors (Lipinski definition) is 2. The van der Waals surface area contributed by atoms with Crippen molar-refractivity contribution in [1.82, 2.24) is 0 Å². The maximum absolute atomic E-state index is 11.3. The molecule has 2 N–H and O–H groups in total. The molecule has 2 aliphatic rings. The van der Waals surface area contributed by atoms with Crippen molar-refractivity contribution >= 4 is 29.0 Å². The second kappa shape index (κ2) is 4.82. The molecule has 18 heavy (non-hydrogen) atoms. The first-order chi connectivity index (χ1) is 8.74. The number of nitrogens with one attached hydrogen (secondary N) is 2. The van der Waals surface area contributed by atoms with Gasteiger partial charge in [0, 0.05) is 23.7 Å². The van der Waals surface area contributed by atoms with Gasteiger partial charge in [-0.05, 0) is 31.0 Å². The van der Waals surface area contributed by atoms with Crippen molar-refractivity contribution in [1.29, 1.82) is 0 Å². The largest absolute Gasteiger partial charge is 0.382 e. The van der Waals surface area contributed by atoms with Gasteiger partial charge in [0.05, 0.1) is 17.5 Å². The average Bonchev–Trinajstić information content (AvgIpc) is 2.32. The van der Waals surface area contributed by atoms with E-state index in [1.807, 2.05) is 6.07 Å². The summed E-state index contributed by atoms with van der Waals surface area (Å²) >= 11 is 1.59. The van der Waals surface area contributed by atoms with Gasteiger partial charge in [0.1, 0.15) is 0 Å². The van der Waals surface area contributed by atoms with Crippen molar-refractivity contribution in [3.05, 3.63) is 18.2 Å². The molecule has 1 aromatic rings. The Morgan fingerprint density at radius 2 is 2.28 bits per heavy atom. The highest BCUT2D eigenvalue weighted by molar-refractivity contribution is 8.00. The lowest BCUT2D eigenvalue weighted by atomic mass is 9.89. The Hall–Kier alpha value is -1.20. The molecular weight excluding hydrogens is 248 g/mol. The summed E-state index contributed by atoms with van der Waals surface area (Å²) in [7, 11) is 1.76. The van der Waals surface area contributed by atoms with Crippen molar-refractivity contribution in [2.75, 3.05) is 23.5 Å². The molecule has 96 valence electrons. The fraction of sp³-hybridized carbons (Fsp3) is 0.462. The maximum Gasteiger partial charge on any atom is 0.234 e. The molecule has 5 heteroatoms. The summed E-state index contributed by atoms with van der Waals surface area (Å²) in [6.45, 7) is 0. The number of rotatable bonds is 3. The van der Waals surface area contributed by atoms with Gasteiger partial charge in [-0.15, -0.1) is 11.8 Å². The number of benzene rings is 1. The first kappa shape index (κ1) is 11.9. The highest BCUT2D eigenvalue weighted by Crippen LogP contribution is 2.34. The first-order valence-corrected chi connectivity index (χ1v) is 7.09. The number of thioether (sulfide) groups is 1. The van der Waals surface area contributed by atoms with Crippen LogP contribution in [0.4, 0.5) is 11.4 Å². The monoisotopic (exact) mass is 264 g/mol. The van der Waals surface area contributed by atoms with Crippen LogP contribution in [0.1, 0.15) is 12.8 Å². The maximum atomic E-state index is 11.3. The second-order valence-electron chi connectivity index (χ2n) is 4.72. The third-order valence-corrected chi connectivity index (χ3v) is 4.48. The summed E-state index contributed by atoms with van der Waals surface area (Å²) < 4.78 is 5.26. The zero-order chi connectivity index (χ0) is 12.5. The summed E-state index contributed by atoms with van der Waals surface area (Å²) in [6.07, 6.45) is 2.50. The SMILES string of the molecule is COC1CC(Nc2ccc3c(c2)NC(=O)CS3)C1. The van der Waals surface area contributed by atoms with Crippen molar-refractivity contribution < 1.29 is 9.53 Å². The van der Waals surface area contributed by atoms with Crippen molar-refractivity contribution in [2.45, 2.75) is 29.9 Å². The van der Waals surface area contributed by atoms with Crippen molar-refractivity contribution in [3.8, 4) is 0 Å². The summed E-state index contributed by atoms with van der Waals surface area (Å²) in [5.74, 6) is 0.588. The van der Waals surface area contributed by atoms with Gasteiger partial charge < -0.3 is 15.4 Å². The van der Waals surface area contributed by atoms with E-state index in [9.17, 15) is 4.79 Å². The van der Waals surface area contributed by atoms with Gasteiger partial charge in [-0.25, -0.2) is 0 Å². The number of carbonyl (C=O) groups is 1. The molecule has 0 bridgehead atoms. The molecule has 1 aliphatic carbocycles. The number of anilines is 2. The summed E-state index contributed by atoms with van der Waals surface area (Å²) in [5.41, 5.74) is 1.99. The van der Waals surface area contributed by atoms with Gasteiger partial charge in [-0.1, -0.05) is 0 Å². The van der Waals surface area contributed by atoms with E-state index in [2.05, 4.69) is 22.8 Å². The van der Waals surface area contributed by atoms with Crippen LogP contribution in [0.25, 0.3) is 0 Å². The quantitative estimate of drug-likeness (QED) is 0.879. The van der Waals surface area contributed by atoms with Crippen LogP contribution in [0, 0.1) is 0 Å². The van der Waals surface area contributed by atoms with Gasteiger partial charge in [-0.2, -0.15) is 0 Å². The van der Waals surface area contributed by atoms with Crippen LogP contribution in [0.3, 0.4) is 0 Å². The van der Waals surface area contributed by atoms with E-state index in [0.29, 0.717) is 17.9 Å². The van der Waals surface area contributed by atoms with Crippen molar-refractivity contribution in [3.63, 3.8) is 0 Å². The minimum atomic E-state index is 0.0766. The zero-order valence-electron chi connectivity index (χ0n) is 10.2. The molecule has 3 rings (SSSR count). The van der Waals surface area contributed by atoms with E-state index in [0.717, 1.165) is 29.1 Å². The van der Waals surface area contributed by atoms with E-state index in [1.54, 1.807) is 18.9 Å². The molecule has 0 aromatic heterocycles. The lowest BCUT2D eigenvalue weighted by Gasteiger charge is -2.35. The highest BCUT2D eigenvalue weighted by atomic mass is 32.2. The van der Waals surface area contributed by atoms with Crippen LogP contribution < -0.4 is 10.6 Å². The standard InChI is InChI=1S/C13H16N2O2S/c1-17-10-4-9(5-10)14-8-2-3-12-11(6-8)15-13(16)7-18-12/h2-3,6,9-10,14H,4-5,7H2,1H3,(H,15,16). The summed E-state index contributed by atoms with van der Waals surface area (Å²) in [5, 5.41) is 6.37. The molecule has 0 radical (unpaired) electrons. The third kappa shape index (κ3) is 2.33. The number of carbonyl (C=O) groups excluding carboxylic acids is 1. The van der Waals surface area contributed by atoms with E-state index in [1.165, 1.54) is 0 Å². The van der Waals surface area contributed by atoms with Crippen LogP contribution >= 0.6 is 11.8 Å². The Morgan fingerprint density at radius 3 is 3.06 bits per heavy atom. The number of methoxy groups -OCH3 is 1. The normalized spacial score (nSPS) is 25.9. The molecule has 0 unspecified atom stereocenters. The Labute approximate surface area is 110 Å². The Morgan fingerprint density at radius 1 is 1.44 bits per heavy atom. The van der Waals surface area contributed by atoms with E-state index >= 15 is 0 Å². The number of hydrogen-bond acceptors (Lipinski definition) is 4. The molecule has 1 aromatic carbocycles. The fourth-order valence-electron chi connectivity index (χ4n) is 2.28. The smallest absolute Gasteiger partial charge is 0.234 e. The van der Waals surface area contributed by atoms with Gasteiger partial charge in [0.25, 0.3) is 0 Å². The molecule has 0 saturated heterocycles. The molecule has 1 aliphatic heterocycles. The minimum Gasteiger partial charge on any atom is -0.382 e. The molecule has 4 nitrogen and oxygen atoms in total. The van der Waals surface area contributed by atoms with Crippen LogP contribution in [0.2, 0.25) is 0 Å². The second-order valence-corrected chi connectivity index (χ2v) is 5.74. The summed E-state index contributed by atoms with van der Waals surface area (Å²) in [6, 6.07) is 6.64. The molecule has 0 spiro atoms. The number of ether oxygens (including phenoxy) is 1. The lowest BCUT2D eigenvalue weighted by Crippen LogP contribution is -2.40. The molecule has 0 atom stereocenters. The van der Waals surface area contributed by atoms with E-state index in [-0.39, 0.29) is 5.91 Å².